The summed E-state index contributed by atoms with van der Waals surface area (Å²) in [6.07, 6.45) is 1.58. The molecule has 8 nitrogen and oxygen atoms in total. The molecule has 160 valence electrons. The number of likely N-dealkylation sites (N-methyl/N-ethyl adjacent to an activating group) is 1. The van der Waals surface area contributed by atoms with Crippen molar-refractivity contribution in [2.75, 3.05) is 53.9 Å². The Hall–Kier alpha value is -1.22. The molecule has 0 aliphatic heterocycles. The molecule has 27 heavy (non-hydrogen) atoms. The number of nitrogens with one attached hydrogen (secondary N) is 2. The maximum absolute atomic E-state index is 12.4. The van der Waals surface area contributed by atoms with E-state index in [1.807, 2.05) is 28.1 Å². The molecule has 0 aromatic heterocycles. The summed E-state index contributed by atoms with van der Waals surface area (Å²) >= 11 is 0. The largest absolute Gasteiger partial charge is 0.481 e. The number of rotatable bonds is 15. The van der Waals surface area contributed by atoms with Gasteiger partial charge in [0.2, 0.25) is 5.91 Å². The molecule has 0 bridgehead atoms. The van der Waals surface area contributed by atoms with Crippen molar-refractivity contribution in [2.45, 2.75) is 39.2 Å². The molecule has 1 amide bonds. The van der Waals surface area contributed by atoms with E-state index in [1.54, 1.807) is 0 Å². The van der Waals surface area contributed by atoms with Gasteiger partial charge in [0.15, 0.2) is 0 Å². The number of quaternary nitrogens is 1. The van der Waals surface area contributed by atoms with Gasteiger partial charge in [-0.25, -0.2) is 0 Å². The fourth-order valence-electron chi connectivity index (χ4n) is 3.16. The molecule has 0 aromatic carbocycles. The lowest BCUT2D eigenvalue weighted by Crippen LogP contribution is -2.43. The fourth-order valence-corrected chi connectivity index (χ4v) is 3.16. The highest BCUT2D eigenvalue weighted by Crippen LogP contribution is 2.24. The topological polar surface area (TPSA) is 119 Å². The molecule has 4 unspecified atom stereocenters. The predicted molar refractivity (Wildman–Crippen MR) is 105 cm³/mol. The monoisotopic (exact) mass is 390 g/mol. The second-order valence-corrected chi connectivity index (χ2v) is 8.31. The number of carboxylic acids is 1. The molecule has 4 atom stereocenters. The molecule has 0 aliphatic carbocycles. The summed E-state index contributed by atoms with van der Waals surface area (Å²) in [4.78, 5) is 23.7. The Labute approximate surface area is 163 Å². The average Bonchev–Trinajstić information content (AvgIpc) is 2.56. The number of hydrogen-bond acceptors (Lipinski definition) is 5. The Bertz CT molecular complexity index is 436. The summed E-state index contributed by atoms with van der Waals surface area (Å²) in [5, 5.41) is 34.7. The zero-order chi connectivity index (χ0) is 21.0. The van der Waals surface area contributed by atoms with Crippen LogP contribution in [0.5, 0.6) is 0 Å². The molecule has 8 heteroatoms. The maximum atomic E-state index is 12.4. The Morgan fingerprint density at radius 3 is 2.22 bits per heavy atom. The first-order valence-electron chi connectivity index (χ1n) is 9.84. The molecule has 5 N–H and O–H groups in total. The van der Waals surface area contributed by atoms with E-state index in [1.165, 1.54) is 6.92 Å². The van der Waals surface area contributed by atoms with Crippen LogP contribution in [0.2, 0.25) is 0 Å². The number of carbonyl (C=O) groups is 2. The average molecular weight is 391 g/mol. The molecule has 0 saturated carbocycles. The maximum Gasteiger partial charge on any atom is 0.307 e. The van der Waals surface area contributed by atoms with Crippen LogP contribution < -0.4 is 10.6 Å². The van der Waals surface area contributed by atoms with Crippen molar-refractivity contribution in [3.63, 3.8) is 0 Å². The van der Waals surface area contributed by atoms with Crippen molar-refractivity contribution in [1.29, 1.82) is 0 Å². The van der Waals surface area contributed by atoms with Gasteiger partial charge in [-0.3, -0.25) is 9.59 Å². The minimum Gasteiger partial charge on any atom is -0.481 e. The van der Waals surface area contributed by atoms with Crippen LogP contribution in [-0.2, 0) is 9.59 Å². The molecule has 0 fully saturated rings. The van der Waals surface area contributed by atoms with Crippen LogP contribution in [0.1, 0.15) is 33.1 Å². The van der Waals surface area contributed by atoms with Gasteiger partial charge in [-0.05, 0) is 31.8 Å². The lowest BCUT2D eigenvalue weighted by Gasteiger charge is -2.27. The van der Waals surface area contributed by atoms with Gasteiger partial charge in [-0.2, -0.15) is 0 Å². The van der Waals surface area contributed by atoms with Crippen LogP contribution in [0.3, 0.4) is 0 Å². The first kappa shape index (κ1) is 25.8. The molecule has 0 aromatic rings. The molecule has 0 aliphatic rings. The Morgan fingerprint density at radius 1 is 1.11 bits per heavy atom. The molecule has 0 rings (SSSR count). The van der Waals surface area contributed by atoms with Gasteiger partial charge in [-0.15, -0.1) is 0 Å². The molecular weight excluding hydrogens is 350 g/mol. The number of carboxylic acid groups (broad SMARTS) is 1. The van der Waals surface area contributed by atoms with Gasteiger partial charge in [0, 0.05) is 13.2 Å². The number of aliphatic hydroxyl groups is 2. The van der Waals surface area contributed by atoms with E-state index in [0.29, 0.717) is 45.4 Å². The minimum atomic E-state index is -1.03. The van der Waals surface area contributed by atoms with Crippen molar-refractivity contribution in [3.8, 4) is 0 Å². The van der Waals surface area contributed by atoms with Crippen LogP contribution in [0.4, 0.5) is 0 Å². The highest BCUT2D eigenvalue weighted by molar-refractivity contribution is 5.84. The lowest BCUT2D eigenvalue weighted by molar-refractivity contribution is -0.873. The summed E-state index contributed by atoms with van der Waals surface area (Å²) < 4.78 is 0.718. The van der Waals surface area contributed by atoms with Gasteiger partial charge in [-0.1, -0.05) is 20.3 Å². The zero-order valence-electron chi connectivity index (χ0n) is 17.6. The minimum absolute atomic E-state index is 0.205. The predicted octanol–water partition coefficient (Wildman–Crippen LogP) is -0.105. The Balaban J connectivity index is 4.16. The Kier molecular flexibility index (Phi) is 12.5. The SMILES string of the molecule is CCC(CO)C(C(=O)NCCCNCCC(O)C[N+](C)(C)C)C(C)C(=O)O. The molecular formula is C19H40N3O5+. The third-order valence-electron chi connectivity index (χ3n) is 4.74. The van der Waals surface area contributed by atoms with E-state index >= 15 is 0 Å². The van der Waals surface area contributed by atoms with Crippen molar-refractivity contribution in [2.24, 2.45) is 17.8 Å². The van der Waals surface area contributed by atoms with E-state index in [2.05, 4.69) is 10.6 Å². The summed E-state index contributed by atoms with van der Waals surface area (Å²) in [7, 11) is 6.12. The molecule has 0 radical (unpaired) electrons. The van der Waals surface area contributed by atoms with Gasteiger partial charge in [0.25, 0.3) is 0 Å². The summed E-state index contributed by atoms with van der Waals surface area (Å²) in [5.41, 5.74) is 0. The van der Waals surface area contributed by atoms with E-state index in [-0.39, 0.29) is 24.5 Å². The van der Waals surface area contributed by atoms with Gasteiger partial charge in [0.05, 0.1) is 33.0 Å². The number of carbonyl (C=O) groups excluding carboxylic acids is 1. The fraction of sp³-hybridized carbons (Fsp3) is 0.895. The molecule has 0 spiro atoms. The summed E-state index contributed by atoms with van der Waals surface area (Å²) in [6, 6.07) is 0. The Morgan fingerprint density at radius 2 is 1.74 bits per heavy atom. The van der Waals surface area contributed by atoms with Crippen LogP contribution in [0, 0.1) is 17.8 Å². The number of aliphatic hydroxyl groups excluding tert-OH is 2. The van der Waals surface area contributed by atoms with Crippen LogP contribution in [0.15, 0.2) is 0 Å². The highest BCUT2D eigenvalue weighted by Gasteiger charge is 2.35. The van der Waals surface area contributed by atoms with Gasteiger partial charge < -0.3 is 30.4 Å². The summed E-state index contributed by atoms with van der Waals surface area (Å²) in [6.45, 7) is 5.69. The standard InChI is InChI=1S/C19H39N3O5/c1-6-15(13-23)17(14(2)19(26)27)18(25)21-10-7-9-20-11-8-16(24)12-22(3,4)5/h14-17,20,23-24H,6-13H2,1-5H3,(H-,21,25,26,27)/p+1. The summed E-state index contributed by atoms with van der Waals surface area (Å²) in [5.74, 6) is -3.30. The zero-order valence-corrected chi connectivity index (χ0v) is 17.6. The lowest BCUT2D eigenvalue weighted by atomic mass is 9.80. The van der Waals surface area contributed by atoms with Crippen LogP contribution >= 0.6 is 0 Å². The molecule has 0 saturated heterocycles. The van der Waals surface area contributed by atoms with E-state index in [0.717, 1.165) is 4.48 Å². The first-order chi connectivity index (χ1) is 12.5. The van der Waals surface area contributed by atoms with Crippen LogP contribution in [-0.4, -0.2) is 91.7 Å². The number of hydrogen-bond donors (Lipinski definition) is 5. The smallest absolute Gasteiger partial charge is 0.307 e. The van der Waals surface area contributed by atoms with Crippen molar-refractivity contribution in [1.82, 2.24) is 10.6 Å². The number of nitrogens with zero attached hydrogens (tertiary/aromatic N) is 1. The third-order valence-corrected chi connectivity index (χ3v) is 4.74. The van der Waals surface area contributed by atoms with Crippen molar-refractivity contribution < 1.29 is 29.4 Å². The van der Waals surface area contributed by atoms with Gasteiger partial charge in [0.1, 0.15) is 12.6 Å². The number of amides is 1. The van der Waals surface area contributed by atoms with E-state index < -0.39 is 17.8 Å². The van der Waals surface area contributed by atoms with Crippen LogP contribution in [0.25, 0.3) is 0 Å². The first-order valence-corrected chi connectivity index (χ1v) is 9.84. The van der Waals surface area contributed by atoms with E-state index in [4.69, 9.17) is 0 Å². The quantitative estimate of drug-likeness (QED) is 0.197. The van der Waals surface area contributed by atoms with Crippen molar-refractivity contribution >= 4 is 11.9 Å². The highest BCUT2D eigenvalue weighted by atomic mass is 16.4. The second kappa shape index (κ2) is 13.0. The third kappa shape index (κ3) is 11.3. The van der Waals surface area contributed by atoms with E-state index in [9.17, 15) is 24.9 Å². The number of aliphatic carboxylic acids is 1. The normalized spacial score (nSPS) is 16.4. The molecule has 0 heterocycles. The second-order valence-electron chi connectivity index (χ2n) is 8.31. The van der Waals surface area contributed by atoms with Gasteiger partial charge >= 0.3 is 5.97 Å². The van der Waals surface area contributed by atoms with Crippen molar-refractivity contribution in [3.05, 3.63) is 0 Å².